The van der Waals surface area contributed by atoms with Crippen molar-refractivity contribution in [3.8, 4) is 16.5 Å². The third-order valence-electron chi connectivity index (χ3n) is 3.42. The van der Waals surface area contributed by atoms with Crippen molar-refractivity contribution in [1.29, 1.82) is 0 Å². The molecule has 0 aliphatic heterocycles. The second kappa shape index (κ2) is 6.21. The highest BCUT2D eigenvalue weighted by molar-refractivity contribution is 7.13. The smallest absolute Gasteiger partial charge is 0.438 e. The first-order valence-corrected chi connectivity index (χ1v) is 7.80. The molecule has 2 aromatic heterocycles. The van der Waals surface area contributed by atoms with Gasteiger partial charge in [-0.15, -0.1) is 16.4 Å². The Morgan fingerprint density at radius 1 is 1.30 bits per heavy atom. The number of nitrogens with zero attached hydrogens (tertiary/aromatic N) is 2. The Morgan fingerprint density at radius 3 is 2.65 bits per heavy atom. The summed E-state index contributed by atoms with van der Waals surface area (Å²) in [4.78, 5) is 25.2. The normalized spacial score (nSPS) is 12.1. The number of hydrogen-bond donors (Lipinski definition) is 0. The number of aromatic nitrogens is 2. The molecule has 3 aromatic rings. The maximum atomic E-state index is 12.5. The fourth-order valence-corrected chi connectivity index (χ4v) is 2.78. The van der Waals surface area contributed by atoms with Crippen molar-refractivity contribution in [3.05, 3.63) is 57.9 Å². The fraction of sp³-hybridized carbons (Fsp3) is 0.188. The molecule has 6 nitrogen and oxygen atoms in total. The third kappa shape index (κ3) is 2.95. The predicted octanol–water partition coefficient (Wildman–Crippen LogP) is 3.02. The number of carbonyl (C=O) groups excluding carboxylic acids is 1. The van der Waals surface area contributed by atoms with Gasteiger partial charge in [0.15, 0.2) is 5.78 Å². The quantitative estimate of drug-likeness (QED) is 0.672. The lowest BCUT2D eigenvalue weighted by molar-refractivity contribution is 0.0923. The summed E-state index contributed by atoms with van der Waals surface area (Å²) >= 11 is 1.41. The van der Waals surface area contributed by atoms with Crippen molar-refractivity contribution in [1.82, 2.24) is 9.78 Å². The zero-order valence-electron chi connectivity index (χ0n) is 12.6. The van der Waals surface area contributed by atoms with Gasteiger partial charge in [-0.25, -0.2) is 4.79 Å². The lowest BCUT2D eigenvalue weighted by Crippen LogP contribution is -2.26. The van der Waals surface area contributed by atoms with Gasteiger partial charge in [0, 0.05) is 5.56 Å². The maximum Gasteiger partial charge on any atom is 0.438 e. The van der Waals surface area contributed by atoms with Crippen molar-refractivity contribution in [2.75, 3.05) is 7.11 Å². The zero-order chi connectivity index (χ0) is 16.4. The van der Waals surface area contributed by atoms with Crippen LogP contribution in [-0.2, 0) is 0 Å². The summed E-state index contributed by atoms with van der Waals surface area (Å²) in [6.07, 6.45) is 0. The van der Waals surface area contributed by atoms with E-state index in [1.54, 1.807) is 44.4 Å². The molecule has 118 valence electrons. The van der Waals surface area contributed by atoms with Gasteiger partial charge < -0.3 is 9.15 Å². The Labute approximate surface area is 135 Å². The van der Waals surface area contributed by atoms with Crippen LogP contribution in [-0.4, -0.2) is 22.7 Å². The van der Waals surface area contributed by atoms with Gasteiger partial charge in [0.1, 0.15) is 11.8 Å². The number of hydrogen-bond acceptors (Lipinski definition) is 6. The molecule has 0 fully saturated rings. The van der Waals surface area contributed by atoms with E-state index in [9.17, 15) is 9.59 Å². The first kappa shape index (κ1) is 15.2. The van der Waals surface area contributed by atoms with E-state index >= 15 is 0 Å². The van der Waals surface area contributed by atoms with Crippen LogP contribution in [0.15, 0.2) is 51.0 Å². The van der Waals surface area contributed by atoms with E-state index in [0.29, 0.717) is 11.3 Å². The number of ketones is 1. The van der Waals surface area contributed by atoms with Crippen LogP contribution in [0.4, 0.5) is 0 Å². The average Bonchev–Trinajstić information content (AvgIpc) is 3.23. The highest BCUT2D eigenvalue weighted by atomic mass is 32.1. The van der Waals surface area contributed by atoms with Gasteiger partial charge in [-0.3, -0.25) is 4.79 Å². The number of methoxy groups -OCH3 is 1. The Morgan fingerprint density at radius 2 is 2.04 bits per heavy atom. The molecule has 0 saturated carbocycles. The van der Waals surface area contributed by atoms with E-state index in [0.717, 1.165) is 9.56 Å². The van der Waals surface area contributed by atoms with E-state index in [4.69, 9.17) is 9.15 Å². The molecule has 0 N–H and O–H groups in total. The Bertz CT molecular complexity index is 862. The van der Waals surface area contributed by atoms with Gasteiger partial charge in [0.25, 0.3) is 5.89 Å². The molecule has 0 aliphatic rings. The van der Waals surface area contributed by atoms with Gasteiger partial charge in [0.2, 0.25) is 0 Å². The minimum atomic E-state index is -0.756. The monoisotopic (exact) mass is 330 g/mol. The van der Waals surface area contributed by atoms with Crippen LogP contribution < -0.4 is 10.5 Å². The van der Waals surface area contributed by atoms with Crippen molar-refractivity contribution in [3.63, 3.8) is 0 Å². The zero-order valence-corrected chi connectivity index (χ0v) is 13.4. The molecule has 1 aromatic carbocycles. The molecule has 0 unspecified atom stereocenters. The van der Waals surface area contributed by atoms with Crippen LogP contribution in [0.5, 0.6) is 5.75 Å². The van der Waals surface area contributed by atoms with Gasteiger partial charge >= 0.3 is 5.76 Å². The standard InChI is InChI=1S/C16H14N2O4S/c1-10(14(19)11-5-7-12(21-2)8-6-11)18-16(20)22-15(17-18)13-4-3-9-23-13/h3-10H,1-2H3/t10-/m0/s1. The van der Waals surface area contributed by atoms with Crippen molar-refractivity contribution in [2.45, 2.75) is 13.0 Å². The van der Waals surface area contributed by atoms with Crippen LogP contribution in [0.2, 0.25) is 0 Å². The van der Waals surface area contributed by atoms with Crippen LogP contribution in [0.3, 0.4) is 0 Å². The molecule has 1 atom stereocenters. The second-order valence-corrected chi connectivity index (χ2v) is 5.81. The van der Waals surface area contributed by atoms with Crippen molar-refractivity contribution >= 4 is 17.1 Å². The van der Waals surface area contributed by atoms with Crippen LogP contribution in [0, 0.1) is 0 Å². The molecule has 0 spiro atoms. The molecule has 23 heavy (non-hydrogen) atoms. The summed E-state index contributed by atoms with van der Waals surface area (Å²) in [5.41, 5.74) is 0.478. The molecular weight excluding hydrogens is 316 g/mol. The number of carbonyl (C=O) groups is 1. The molecule has 0 bridgehead atoms. The topological polar surface area (TPSA) is 74.3 Å². The fourth-order valence-electron chi connectivity index (χ4n) is 2.14. The summed E-state index contributed by atoms with van der Waals surface area (Å²) < 4.78 is 11.3. The van der Waals surface area contributed by atoms with Crippen molar-refractivity contribution in [2.24, 2.45) is 0 Å². The number of rotatable bonds is 5. The van der Waals surface area contributed by atoms with Gasteiger partial charge in [-0.05, 0) is 42.6 Å². The van der Waals surface area contributed by atoms with E-state index < -0.39 is 11.8 Å². The first-order chi connectivity index (χ1) is 11.1. The molecule has 0 saturated heterocycles. The largest absolute Gasteiger partial charge is 0.497 e. The summed E-state index contributed by atoms with van der Waals surface area (Å²) in [5, 5.41) is 6.00. The molecular formula is C16H14N2O4S. The third-order valence-corrected chi connectivity index (χ3v) is 4.28. The van der Waals surface area contributed by atoms with E-state index in [-0.39, 0.29) is 11.7 Å². The summed E-state index contributed by atoms with van der Waals surface area (Å²) in [7, 11) is 1.56. The lowest BCUT2D eigenvalue weighted by Gasteiger charge is -2.09. The molecule has 7 heteroatoms. The number of thiophene rings is 1. The minimum Gasteiger partial charge on any atom is -0.497 e. The summed E-state index contributed by atoms with van der Waals surface area (Å²) in [6, 6.07) is 9.59. The van der Waals surface area contributed by atoms with Crippen LogP contribution in [0.1, 0.15) is 23.3 Å². The van der Waals surface area contributed by atoms with E-state index in [1.807, 2.05) is 11.4 Å². The predicted molar refractivity (Wildman–Crippen MR) is 86.1 cm³/mol. The first-order valence-electron chi connectivity index (χ1n) is 6.92. The summed E-state index contributed by atoms with van der Waals surface area (Å²) in [5.74, 6) is 0.00992. The van der Waals surface area contributed by atoms with Gasteiger partial charge in [-0.1, -0.05) is 6.07 Å². The summed E-state index contributed by atoms with van der Waals surface area (Å²) in [6.45, 7) is 1.62. The molecule has 0 radical (unpaired) electrons. The molecule has 2 heterocycles. The number of ether oxygens (including phenoxy) is 1. The lowest BCUT2D eigenvalue weighted by atomic mass is 10.1. The Balaban J connectivity index is 1.88. The number of benzene rings is 1. The molecule has 0 amide bonds. The Kier molecular flexibility index (Phi) is 4.12. The number of Topliss-reactive ketones (excluding diaryl/α,β-unsaturated/α-hetero) is 1. The molecule has 0 aliphatic carbocycles. The van der Waals surface area contributed by atoms with Gasteiger partial charge in [0.05, 0.1) is 12.0 Å². The van der Waals surface area contributed by atoms with Crippen LogP contribution >= 0.6 is 11.3 Å². The van der Waals surface area contributed by atoms with E-state index in [1.165, 1.54) is 11.3 Å². The SMILES string of the molecule is COc1ccc(C(=O)[C@H](C)n2nc(-c3cccs3)oc2=O)cc1. The Hall–Kier alpha value is -2.67. The van der Waals surface area contributed by atoms with Crippen LogP contribution in [0.25, 0.3) is 10.8 Å². The minimum absolute atomic E-state index is 0.221. The van der Waals surface area contributed by atoms with E-state index in [2.05, 4.69) is 5.10 Å². The molecule has 3 rings (SSSR count). The maximum absolute atomic E-state index is 12.5. The highest BCUT2D eigenvalue weighted by Crippen LogP contribution is 2.22. The van der Waals surface area contributed by atoms with Gasteiger partial charge in [-0.2, -0.15) is 4.68 Å². The van der Waals surface area contributed by atoms with Crippen molar-refractivity contribution < 1.29 is 13.9 Å². The average molecular weight is 330 g/mol. The second-order valence-electron chi connectivity index (χ2n) is 4.86. The highest BCUT2D eigenvalue weighted by Gasteiger charge is 2.22.